The van der Waals surface area contributed by atoms with Crippen molar-refractivity contribution in [2.75, 3.05) is 6.61 Å². The molecule has 0 aromatic heterocycles. The highest BCUT2D eigenvalue weighted by Gasteiger charge is 1.81. The molecule has 0 saturated carbocycles. The van der Waals surface area contributed by atoms with Crippen molar-refractivity contribution in [3.8, 4) is 0 Å². The number of carbonyl (C=O) groups is 2. The van der Waals surface area contributed by atoms with Crippen LogP contribution in [0.5, 0.6) is 0 Å². The molecule has 0 aliphatic rings. The maximum atomic E-state index is 9.82. The van der Waals surface area contributed by atoms with Crippen LogP contribution in [-0.4, -0.2) is 18.9 Å². The number of hydrogen-bond donors (Lipinski definition) is 0. The van der Waals surface area contributed by atoms with Gasteiger partial charge in [-0.25, -0.2) is 0 Å². The number of ether oxygens (including phenoxy) is 1. The lowest BCUT2D eigenvalue weighted by Gasteiger charge is -1.89. The van der Waals surface area contributed by atoms with Crippen molar-refractivity contribution in [3.05, 3.63) is 0 Å². The Bertz CT molecular complexity index is 79.8. The summed E-state index contributed by atoms with van der Waals surface area (Å²) in [7, 11) is 0. The standard InChI is InChI=1S/C4H8O2.C2H4O.C2H6.CH4/c1-3-6-4(2)5;1-2-3;1-2;/h3H2,1-2H3;2H,1H3;1-2H3;1H4. The highest BCUT2D eigenvalue weighted by molar-refractivity contribution is 5.65. The highest BCUT2D eigenvalue weighted by Crippen LogP contribution is 1.69. The molecule has 0 spiro atoms. The molecule has 0 aliphatic carbocycles. The van der Waals surface area contributed by atoms with Crippen molar-refractivity contribution in [3.63, 3.8) is 0 Å². The quantitative estimate of drug-likeness (QED) is 0.457. The fourth-order valence-corrected chi connectivity index (χ4v) is 0.203. The van der Waals surface area contributed by atoms with Crippen molar-refractivity contribution in [2.45, 2.75) is 42.0 Å². The Kier molecular flexibility index (Phi) is 60.0. The van der Waals surface area contributed by atoms with Gasteiger partial charge in [-0.15, -0.1) is 0 Å². The van der Waals surface area contributed by atoms with Gasteiger partial charge in [-0.2, -0.15) is 0 Å². The second-order valence-corrected chi connectivity index (χ2v) is 1.16. The smallest absolute Gasteiger partial charge is 0.302 e. The SMILES string of the molecule is C.CC.CC=O.CCOC(C)=O. The molecule has 0 bridgehead atoms. The van der Waals surface area contributed by atoms with Gasteiger partial charge in [-0.1, -0.05) is 21.3 Å². The minimum Gasteiger partial charge on any atom is -0.466 e. The zero-order valence-corrected chi connectivity index (χ0v) is 8.01. The van der Waals surface area contributed by atoms with Crippen LogP contribution in [0.2, 0.25) is 0 Å². The van der Waals surface area contributed by atoms with Gasteiger partial charge in [0.2, 0.25) is 0 Å². The van der Waals surface area contributed by atoms with E-state index in [1.165, 1.54) is 13.8 Å². The monoisotopic (exact) mass is 178 g/mol. The molecule has 0 aromatic carbocycles. The van der Waals surface area contributed by atoms with Crippen molar-refractivity contribution in [2.24, 2.45) is 0 Å². The molecule has 0 aromatic rings. The summed E-state index contributed by atoms with van der Waals surface area (Å²) >= 11 is 0. The molecule has 0 unspecified atom stereocenters. The normalized spacial score (nSPS) is 5.42. The van der Waals surface area contributed by atoms with E-state index in [2.05, 4.69) is 4.74 Å². The Morgan fingerprint density at radius 3 is 1.67 bits per heavy atom. The summed E-state index contributed by atoms with van der Waals surface area (Å²) in [6, 6.07) is 0. The van der Waals surface area contributed by atoms with Gasteiger partial charge in [0, 0.05) is 6.92 Å². The molecule has 0 fully saturated rings. The third kappa shape index (κ3) is 132. The molecule has 3 heteroatoms. The Labute approximate surface area is 76.1 Å². The average Bonchev–Trinajstić information content (AvgIpc) is 1.93. The molecule has 12 heavy (non-hydrogen) atoms. The lowest BCUT2D eigenvalue weighted by molar-refractivity contribution is -0.140. The lowest BCUT2D eigenvalue weighted by Crippen LogP contribution is -1.95. The molecule has 0 N–H and O–H groups in total. The maximum absolute atomic E-state index is 9.82. The second-order valence-electron chi connectivity index (χ2n) is 1.16. The summed E-state index contributed by atoms with van der Waals surface area (Å²) in [4.78, 5) is 18.6. The van der Waals surface area contributed by atoms with Gasteiger partial charge in [0.05, 0.1) is 6.61 Å². The van der Waals surface area contributed by atoms with Crippen LogP contribution in [0.4, 0.5) is 0 Å². The van der Waals surface area contributed by atoms with Crippen LogP contribution in [0, 0.1) is 0 Å². The van der Waals surface area contributed by atoms with Crippen molar-refractivity contribution >= 4 is 12.3 Å². The van der Waals surface area contributed by atoms with Gasteiger partial charge < -0.3 is 9.53 Å². The van der Waals surface area contributed by atoms with Crippen LogP contribution in [0.15, 0.2) is 0 Å². The van der Waals surface area contributed by atoms with Crippen LogP contribution >= 0.6 is 0 Å². The summed E-state index contributed by atoms with van der Waals surface area (Å²) in [5.74, 6) is -0.211. The Balaban J connectivity index is -0.0000000462. The largest absolute Gasteiger partial charge is 0.466 e. The van der Waals surface area contributed by atoms with Gasteiger partial charge in [0.15, 0.2) is 0 Å². The maximum Gasteiger partial charge on any atom is 0.302 e. The number of carbonyl (C=O) groups excluding carboxylic acids is 2. The first-order chi connectivity index (χ1) is 5.18. The number of esters is 1. The molecule has 76 valence electrons. The minimum atomic E-state index is -0.211. The highest BCUT2D eigenvalue weighted by atomic mass is 16.5. The fraction of sp³-hybridized carbons (Fsp3) is 0.778. The third-order valence-electron chi connectivity index (χ3n) is 0.348. The Hall–Kier alpha value is -0.860. The first kappa shape index (κ1) is 22.5. The van der Waals surface area contributed by atoms with Crippen LogP contribution in [0.25, 0.3) is 0 Å². The first-order valence-corrected chi connectivity index (χ1v) is 3.72. The Morgan fingerprint density at radius 2 is 1.67 bits per heavy atom. The molecule has 0 aliphatic heterocycles. The van der Waals surface area contributed by atoms with Crippen molar-refractivity contribution < 1.29 is 14.3 Å². The van der Waals surface area contributed by atoms with E-state index in [1.54, 1.807) is 6.92 Å². The van der Waals surface area contributed by atoms with Crippen molar-refractivity contribution in [1.29, 1.82) is 0 Å². The zero-order valence-electron chi connectivity index (χ0n) is 8.01. The van der Waals surface area contributed by atoms with Crippen LogP contribution in [-0.2, 0) is 14.3 Å². The summed E-state index contributed by atoms with van der Waals surface area (Å²) in [6.45, 7) is 9.10. The lowest BCUT2D eigenvalue weighted by atomic mass is 10.8. The number of hydrogen-bond acceptors (Lipinski definition) is 3. The van der Waals surface area contributed by atoms with Gasteiger partial charge in [-0.3, -0.25) is 4.79 Å². The second kappa shape index (κ2) is 32.1. The molecule has 0 atom stereocenters. The van der Waals surface area contributed by atoms with E-state index in [4.69, 9.17) is 4.79 Å². The van der Waals surface area contributed by atoms with Gasteiger partial charge in [0.1, 0.15) is 6.29 Å². The van der Waals surface area contributed by atoms with E-state index in [9.17, 15) is 4.79 Å². The van der Waals surface area contributed by atoms with E-state index < -0.39 is 0 Å². The molecule has 3 nitrogen and oxygen atoms in total. The molecule has 0 amide bonds. The molecule has 0 radical (unpaired) electrons. The Morgan fingerprint density at radius 1 is 1.42 bits per heavy atom. The topological polar surface area (TPSA) is 43.4 Å². The predicted octanol–water partition coefficient (Wildman–Crippen LogP) is 2.44. The molecular formula is C9H22O3. The van der Waals surface area contributed by atoms with Crippen LogP contribution in [0.1, 0.15) is 42.0 Å². The fourth-order valence-electron chi connectivity index (χ4n) is 0.203. The van der Waals surface area contributed by atoms with E-state index in [0.717, 1.165) is 6.29 Å². The number of rotatable bonds is 1. The summed E-state index contributed by atoms with van der Waals surface area (Å²) in [5, 5.41) is 0. The third-order valence-corrected chi connectivity index (χ3v) is 0.348. The van der Waals surface area contributed by atoms with Gasteiger partial charge in [0.25, 0.3) is 0 Å². The molecular weight excluding hydrogens is 156 g/mol. The predicted molar refractivity (Wildman–Crippen MR) is 52.1 cm³/mol. The average molecular weight is 178 g/mol. The van der Waals surface area contributed by atoms with E-state index in [1.807, 2.05) is 13.8 Å². The van der Waals surface area contributed by atoms with E-state index in [0.29, 0.717) is 6.61 Å². The first-order valence-electron chi connectivity index (χ1n) is 3.72. The van der Waals surface area contributed by atoms with Crippen LogP contribution in [0.3, 0.4) is 0 Å². The molecule has 0 saturated heterocycles. The molecule has 0 rings (SSSR count). The van der Waals surface area contributed by atoms with Crippen LogP contribution < -0.4 is 0 Å². The summed E-state index contributed by atoms with van der Waals surface area (Å²) in [5.41, 5.74) is 0. The zero-order chi connectivity index (χ0) is 9.70. The van der Waals surface area contributed by atoms with Crippen molar-refractivity contribution in [1.82, 2.24) is 0 Å². The molecule has 0 heterocycles. The minimum absolute atomic E-state index is 0. The van der Waals surface area contributed by atoms with Gasteiger partial charge >= 0.3 is 5.97 Å². The number of aldehydes is 1. The van der Waals surface area contributed by atoms with Gasteiger partial charge in [-0.05, 0) is 13.8 Å². The summed E-state index contributed by atoms with van der Waals surface area (Å²) < 4.78 is 4.40. The van der Waals surface area contributed by atoms with E-state index >= 15 is 0 Å². The summed E-state index contributed by atoms with van der Waals surface area (Å²) in [6.07, 6.45) is 0.750. The van der Waals surface area contributed by atoms with E-state index in [-0.39, 0.29) is 13.4 Å².